The molecule has 0 atom stereocenters. The van der Waals surface area contributed by atoms with Crippen molar-refractivity contribution in [2.45, 2.75) is 76.9 Å². The molecule has 0 unspecified atom stereocenters. The number of rotatable bonds is 18. The fraction of sp³-hybridized carbons (Fsp3) is 0.419. The van der Waals surface area contributed by atoms with Gasteiger partial charge in [-0.2, -0.15) is 0 Å². The summed E-state index contributed by atoms with van der Waals surface area (Å²) in [6.45, 7) is 1.96. The first-order valence-electron chi connectivity index (χ1n) is 14.5. The Kier molecular flexibility index (Phi) is 13.6. The number of aromatic nitrogens is 2. The number of aryl methyl sites for hydroxylation is 1. The second kappa shape index (κ2) is 17.4. The molecule has 1 aromatic heterocycles. The molecule has 0 radical (unpaired) electrons. The van der Waals surface area contributed by atoms with Crippen molar-refractivity contribution >= 4 is 49.7 Å². The van der Waals surface area contributed by atoms with Gasteiger partial charge in [-0.1, -0.05) is 79.3 Å². The normalized spacial score (nSPS) is 11.8. The van der Waals surface area contributed by atoms with Gasteiger partial charge in [0, 0.05) is 18.6 Å². The van der Waals surface area contributed by atoms with Crippen LogP contribution in [-0.4, -0.2) is 47.7 Å². The predicted molar refractivity (Wildman–Crippen MR) is 172 cm³/mol. The second-order valence-corrected chi connectivity index (χ2v) is 13.7. The number of benzene rings is 2. The van der Waals surface area contributed by atoms with Crippen molar-refractivity contribution in [3.05, 3.63) is 76.3 Å². The minimum atomic E-state index is -3.17. The molecule has 230 valence electrons. The fourth-order valence-corrected chi connectivity index (χ4v) is 6.68. The van der Waals surface area contributed by atoms with Gasteiger partial charge < -0.3 is 16.5 Å². The van der Waals surface area contributed by atoms with Crippen LogP contribution in [-0.2, 0) is 44.4 Å². The van der Waals surface area contributed by atoms with E-state index >= 15 is 0 Å². The van der Waals surface area contributed by atoms with E-state index in [2.05, 4.69) is 20.5 Å². The number of aliphatic imine (C=N–C) groups is 1. The predicted octanol–water partition coefficient (Wildman–Crippen LogP) is 5.07. The maximum atomic E-state index is 12.6. The molecule has 10 nitrogen and oxygen atoms in total. The lowest BCUT2D eigenvalue weighted by atomic mass is 10.1. The molecule has 0 saturated heterocycles. The molecule has 12 heteroatoms. The number of sulfone groups is 1. The molecule has 0 fully saturated rings. The van der Waals surface area contributed by atoms with Gasteiger partial charge in [-0.3, -0.25) is 9.59 Å². The van der Waals surface area contributed by atoms with E-state index < -0.39 is 9.84 Å². The van der Waals surface area contributed by atoms with Crippen LogP contribution >= 0.6 is 11.3 Å². The number of amides is 2. The van der Waals surface area contributed by atoms with Crippen LogP contribution < -0.4 is 11.1 Å². The molecule has 2 amide bonds. The molecule has 0 bridgehead atoms. The van der Waals surface area contributed by atoms with Gasteiger partial charge >= 0.3 is 0 Å². The van der Waals surface area contributed by atoms with Gasteiger partial charge in [-0.15, -0.1) is 10.2 Å². The van der Waals surface area contributed by atoms with Crippen molar-refractivity contribution in [1.29, 1.82) is 5.41 Å². The first kappa shape index (κ1) is 33.7. The molecule has 1 heterocycles. The smallest absolute Gasteiger partial charge is 0.251 e. The molecule has 0 aliphatic heterocycles. The number of hydrogen-bond donors (Lipinski definition) is 3. The summed E-state index contributed by atoms with van der Waals surface area (Å²) in [5.41, 5.74) is 8.75. The molecule has 0 aliphatic rings. The lowest BCUT2D eigenvalue weighted by Gasteiger charge is -2.07. The molecular formula is C31H40N6O4S2. The number of nitrogens with two attached hydrogens (primary N) is 1. The number of carbonyl (C=O) groups excluding carboxylic acids is 2. The van der Waals surface area contributed by atoms with Crippen LogP contribution in [0, 0.1) is 5.41 Å². The SMILES string of the molecule is CCCCS(=O)(=O)Cc1cccc(CC(=O)Nc2nnc(CCCCC(=N)CCC(N)=NC(=O)Cc3ccccc3)s2)c1. The summed E-state index contributed by atoms with van der Waals surface area (Å²) in [5.74, 6) is -0.147. The number of carbonyl (C=O) groups is 2. The van der Waals surface area contributed by atoms with Gasteiger partial charge in [0.25, 0.3) is 5.91 Å². The van der Waals surface area contributed by atoms with E-state index in [1.165, 1.54) is 11.3 Å². The zero-order valence-electron chi connectivity index (χ0n) is 24.5. The average Bonchev–Trinajstić information content (AvgIpc) is 3.40. The van der Waals surface area contributed by atoms with Crippen LogP contribution in [0.4, 0.5) is 5.13 Å². The van der Waals surface area contributed by atoms with Crippen molar-refractivity contribution in [1.82, 2.24) is 10.2 Å². The Morgan fingerprint density at radius 2 is 1.67 bits per heavy atom. The Labute approximate surface area is 257 Å². The first-order valence-corrected chi connectivity index (χ1v) is 17.1. The lowest BCUT2D eigenvalue weighted by molar-refractivity contribution is -0.117. The topological polar surface area (TPSA) is 168 Å². The van der Waals surface area contributed by atoms with E-state index in [4.69, 9.17) is 11.1 Å². The maximum absolute atomic E-state index is 12.6. The molecule has 4 N–H and O–H groups in total. The third-order valence-electron chi connectivity index (χ3n) is 6.53. The Morgan fingerprint density at radius 3 is 2.44 bits per heavy atom. The zero-order chi connectivity index (χ0) is 31.1. The molecular weight excluding hydrogens is 585 g/mol. The Bertz CT molecular complexity index is 1500. The average molecular weight is 625 g/mol. The van der Waals surface area contributed by atoms with Crippen molar-refractivity contribution in [2.75, 3.05) is 11.1 Å². The number of unbranched alkanes of at least 4 members (excludes halogenated alkanes) is 2. The Hall–Kier alpha value is -3.77. The Morgan fingerprint density at radius 1 is 0.930 bits per heavy atom. The largest absolute Gasteiger partial charge is 0.387 e. The number of anilines is 1. The third kappa shape index (κ3) is 13.4. The molecule has 0 spiro atoms. The van der Waals surface area contributed by atoms with E-state index in [9.17, 15) is 18.0 Å². The van der Waals surface area contributed by atoms with Crippen molar-refractivity contribution in [3.63, 3.8) is 0 Å². The lowest BCUT2D eigenvalue weighted by Crippen LogP contribution is -2.16. The van der Waals surface area contributed by atoms with Crippen LogP contribution in [0.3, 0.4) is 0 Å². The van der Waals surface area contributed by atoms with Crippen LogP contribution in [0.15, 0.2) is 59.6 Å². The number of nitrogens with one attached hydrogen (secondary N) is 2. The summed E-state index contributed by atoms with van der Waals surface area (Å²) in [6, 6.07) is 16.5. The third-order valence-corrected chi connectivity index (χ3v) is 9.12. The van der Waals surface area contributed by atoms with Crippen LogP contribution in [0.5, 0.6) is 0 Å². The maximum Gasteiger partial charge on any atom is 0.251 e. The summed E-state index contributed by atoms with van der Waals surface area (Å²) in [6.07, 6.45) is 5.54. The summed E-state index contributed by atoms with van der Waals surface area (Å²) in [4.78, 5) is 28.6. The highest BCUT2D eigenvalue weighted by Gasteiger charge is 2.14. The Balaban J connectivity index is 1.34. The van der Waals surface area contributed by atoms with E-state index in [0.29, 0.717) is 48.5 Å². The van der Waals surface area contributed by atoms with Gasteiger partial charge in [0.15, 0.2) is 9.84 Å². The standard InChI is InChI=1S/C31H40N6O4S2/c1-2-3-18-43(40,41)22-25-13-9-12-24(19-25)21-29(39)35-31-37-36-30(42-31)15-8-7-14-26(32)16-17-27(33)34-28(38)20-23-10-5-4-6-11-23/h4-6,9-13,19,32H,2-3,7-8,14-18,20-22H2,1H3,(H2,33,34,38)(H,35,37,39). The minimum absolute atomic E-state index is 0.0276. The van der Waals surface area contributed by atoms with Gasteiger partial charge in [-0.05, 0) is 48.8 Å². The van der Waals surface area contributed by atoms with Crippen molar-refractivity contribution in [2.24, 2.45) is 10.7 Å². The summed E-state index contributed by atoms with van der Waals surface area (Å²) in [5, 5.41) is 20.4. The monoisotopic (exact) mass is 624 g/mol. The van der Waals surface area contributed by atoms with Gasteiger partial charge in [-0.25, -0.2) is 13.4 Å². The van der Waals surface area contributed by atoms with Crippen molar-refractivity contribution < 1.29 is 18.0 Å². The number of nitrogens with zero attached hydrogens (tertiary/aromatic N) is 3. The number of hydrogen-bond acceptors (Lipinski definition) is 8. The highest BCUT2D eigenvalue weighted by molar-refractivity contribution is 7.90. The first-order chi connectivity index (χ1) is 20.6. The molecule has 3 aromatic rings. The van der Waals surface area contributed by atoms with E-state index in [1.807, 2.05) is 37.3 Å². The fourth-order valence-electron chi connectivity index (χ4n) is 4.32. The van der Waals surface area contributed by atoms with Crippen LogP contribution in [0.1, 0.15) is 73.6 Å². The molecule has 0 aliphatic carbocycles. The van der Waals surface area contributed by atoms with Gasteiger partial charge in [0.2, 0.25) is 11.0 Å². The second-order valence-electron chi connectivity index (χ2n) is 10.5. The molecule has 0 saturated carbocycles. The molecule has 3 rings (SSSR count). The molecule has 43 heavy (non-hydrogen) atoms. The highest BCUT2D eigenvalue weighted by atomic mass is 32.2. The van der Waals surface area contributed by atoms with E-state index in [1.54, 1.807) is 24.3 Å². The van der Waals surface area contributed by atoms with E-state index in [0.717, 1.165) is 35.4 Å². The number of amidine groups is 1. The quantitative estimate of drug-likeness (QED) is 0.101. The van der Waals surface area contributed by atoms with Gasteiger partial charge in [0.1, 0.15) is 10.8 Å². The minimum Gasteiger partial charge on any atom is -0.387 e. The van der Waals surface area contributed by atoms with Crippen LogP contribution in [0.2, 0.25) is 0 Å². The summed E-state index contributed by atoms with van der Waals surface area (Å²) < 4.78 is 24.5. The summed E-state index contributed by atoms with van der Waals surface area (Å²) >= 11 is 1.32. The molecule has 2 aromatic carbocycles. The summed E-state index contributed by atoms with van der Waals surface area (Å²) in [7, 11) is -3.17. The van der Waals surface area contributed by atoms with Gasteiger partial charge in [0.05, 0.1) is 24.3 Å². The zero-order valence-corrected chi connectivity index (χ0v) is 26.2. The van der Waals surface area contributed by atoms with Crippen LogP contribution in [0.25, 0.3) is 0 Å². The van der Waals surface area contributed by atoms with Crippen molar-refractivity contribution in [3.8, 4) is 0 Å². The highest BCUT2D eigenvalue weighted by Crippen LogP contribution is 2.19. The van der Waals surface area contributed by atoms with E-state index in [-0.39, 0.29) is 42.0 Å².